The third-order valence-electron chi connectivity index (χ3n) is 5.30. The van der Waals surface area contributed by atoms with Crippen LogP contribution in [-0.2, 0) is 11.3 Å². The number of methoxy groups -OCH3 is 2. The van der Waals surface area contributed by atoms with Crippen LogP contribution in [0.1, 0.15) is 11.1 Å². The van der Waals surface area contributed by atoms with Gasteiger partial charge in [0.25, 0.3) is 5.91 Å². The molecule has 0 unspecified atom stereocenters. The number of hydrogen-bond acceptors (Lipinski definition) is 6. The number of hydrogen-bond donors (Lipinski definition) is 0. The molecule has 1 amide bonds. The summed E-state index contributed by atoms with van der Waals surface area (Å²) >= 11 is 1.40. The smallest absolute Gasteiger partial charge is 0.286 e. The molecule has 2 aromatic carbocycles. The van der Waals surface area contributed by atoms with Crippen molar-refractivity contribution >= 4 is 28.9 Å². The Bertz CT molecular complexity index is 1020. The maximum atomic E-state index is 13.1. The minimum Gasteiger partial charge on any atom is -0.497 e. The highest BCUT2D eigenvalue weighted by Gasteiger charge is 2.28. The molecule has 162 valence electrons. The molecule has 2 aliphatic heterocycles. The van der Waals surface area contributed by atoms with E-state index in [9.17, 15) is 9.18 Å². The fourth-order valence-corrected chi connectivity index (χ4v) is 4.51. The van der Waals surface area contributed by atoms with Crippen molar-refractivity contribution in [2.24, 2.45) is 4.99 Å². The number of nitrogens with zero attached hydrogens (tertiary/aromatic N) is 3. The number of halogens is 1. The van der Waals surface area contributed by atoms with Gasteiger partial charge in [-0.05, 0) is 47.7 Å². The van der Waals surface area contributed by atoms with E-state index in [0.717, 1.165) is 49.0 Å². The second-order valence-electron chi connectivity index (χ2n) is 7.31. The number of carbonyl (C=O) groups excluding carboxylic acids is 1. The van der Waals surface area contributed by atoms with E-state index in [-0.39, 0.29) is 11.7 Å². The summed E-state index contributed by atoms with van der Waals surface area (Å²) < 4.78 is 23.7. The van der Waals surface area contributed by atoms with Gasteiger partial charge >= 0.3 is 0 Å². The Morgan fingerprint density at radius 1 is 1.06 bits per heavy atom. The van der Waals surface area contributed by atoms with Crippen molar-refractivity contribution < 1.29 is 18.7 Å². The van der Waals surface area contributed by atoms with Crippen molar-refractivity contribution in [3.8, 4) is 11.5 Å². The Morgan fingerprint density at radius 2 is 1.81 bits per heavy atom. The first-order valence-corrected chi connectivity index (χ1v) is 10.8. The highest BCUT2D eigenvalue weighted by Crippen LogP contribution is 2.34. The molecule has 2 aromatic rings. The summed E-state index contributed by atoms with van der Waals surface area (Å²) in [6.07, 6.45) is 1.81. The summed E-state index contributed by atoms with van der Waals surface area (Å²) in [7, 11) is 3.19. The minimum absolute atomic E-state index is 0.217. The summed E-state index contributed by atoms with van der Waals surface area (Å²) in [4.78, 5) is 21.8. The van der Waals surface area contributed by atoms with Crippen molar-refractivity contribution in [1.82, 2.24) is 9.80 Å². The highest BCUT2D eigenvalue weighted by molar-refractivity contribution is 8.18. The molecule has 0 aliphatic carbocycles. The normalized spacial score (nSPS) is 18.4. The molecular formula is C23H24FN3O3S. The van der Waals surface area contributed by atoms with Crippen LogP contribution in [0.25, 0.3) is 6.08 Å². The lowest BCUT2D eigenvalue weighted by Crippen LogP contribution is -2.47. The van der Waals surface area contributed by atoms with E-state index < -0.39 is 0 Å². The van der Waals surface area contributed by atoms with Gasteiger partial charge in [0.2, 0.25) is 0 Å². The summed E-state index contributed by atoms with van der Waals surface area (Å²) in [5, 5.41) is 0.741. The third kappa shape index (κ3) is 5.08. The third-order valence-corrected chi connectivity index (χ3v) is 6.34. The molecule has 8 heteroatoms. The minimum atomic E-state index is -0.230. The average molecular weight is 442 g/mol. The number of thioether (sulfide) groups is 1. The molecule has 0 aromatic heterocycles. The summed E-state index contributed by atoms with van der Waals surface area (Å²) in [6.45, 7) is 4.08. The van der Waals surface area contributed by atoms with Crippen LogP contribution >= 0.6 is 11.8 Å². The molecule has 0 radical (unpaired) electrons. The first-order chi connectivity index (χ1) is 15.1. The lowest BCUT2D eigenvalue weighted by atomic mass is 10.1. The van der Waals surface area contributed by atoms with E-state index >= 15 is 0 Å². The van der Waals surface area contributed by atoms with Crippen molar-refractivity contribution in [3.63, 3.8) is 0 Å². The Balaban J connectivity index is 1.37. The first kappa shape index (κ1) is 21.4. The second kappa shape index (κ2) is 9.53. The molecule has 0 spiro atoms. The zero-order valence-corrected chi connectivity index (χ0v) is 18.3. The van der Waals surface area contributed by atoms with Crippen LogP contribution in [0.3, 0.4) is 0 Å². The molecular weight excluding hydrogens is 417 g/mol. The predicted octanol–water partition coefficient (Wildman–Crippen LogP) is 3.63. The van der Waals surface area contributed by atoms with E-state index in [2.05, 4.69) is 14.8 Å². The standard InChI is InChI=1S/C23H24FN3O3S/c1-29-19-8-5-17(20(14-19)30-2)13-21-22(28)25-23(31-21)27-11-9-26(10-12-27)15-16-3-6-18(24)7-4-16/h3-8,13-14H,9-12,15H2,1-2H3. The quantitative estimate of drug-likeness (QED) is 0.661. The molecule has 2 aliphatic rings. The Morgan fingerprint density at radius 3 is 2.48 bits per heavy atom. The van der Waals surface area contributed by atoms with Crippen LogP contribution in [0, 0.1) is 5.82 Å². The number of amidine groups is 1. The number of aliphatic imine (C=N–C) groups is 1. The van der Waals surface area contributed by atoms with Gasteiger partial charge in [-0.2, -0.15) is 4.99 Å². The number of ether oxygens (including phenoxy) is 2. The zero-order valence-electron chi connectivity index (χ0n) is 17.5. The summed E-state index contributed by atoms with van der Waals surface area (Å²) in [6, 6.07) is 12.1. The van der Waals surface area contributed by atoms with Gasteiger partial charge in [-0.3, -0.25) is 9.69 Å². The average Bonchev–Trinajstić information content (AvgIpc) is 3.16. The number of benzene rings is 2. The van der Waals surface area contributed by atoms with Gasteiger partial charge < -0.3 is 14.4 Å². The molecule has 31 heavy (non-hydrogen) atoms. The maximum Gasteiger partial charge on any atom is 0.286 e. The van der Waals surface area contributed by atoms with Crippen molar-refractivity contribution in [2.75, 3.05) is 40.4 Å². The van der Waals surface area contributed by atoms with E-state index in [4.69, 9.17) is 9.47 Å². The Kier molecular flexibility index (Phi) is 6.58. The van der Waals surface area contributed by atoms with E-state index in [1.54, 1.807) is 20.3 Å². The SMILES string of the molecule is COc1ccc(C=C2SC(N3CCN(Cc4ccc(F)cc4)CC3)=NC2=O)c(OC)c1. The molecule has 2 heterocycles. The first-order valence-electron chi connectivity index (χ1n) is 10.0. The second-order valence-corrected chi connectivity index (χ2v) is 8.32. The lowest BCUT2D eigenvalue weighted by molar-refractivity contribution is -0.113. The van der Waals surface area contributed by atoms with Crippen molar-refractivity contribution in [1.29, 1.82) is 0 Å². The van der Waals surface area contributed by atoms with Gasteiger partial charge in [0.1, 0.15) is 17.3 Å². The predicted molar refractivity (Wildman–Crippen MR) is 121 cm³/mol. The lowest BCUT2D eigenvalue weighted by Gasteiger charge is -2.35. The van der Waals surface area contributed by atoms with Crippen LogP contribution in [0.15, 0.2) is 52.4 Å². The molecule has 4 rings (SSSR count). The fraction of sp³-hybridized carbons (Fsp3) is 0.304. The topological polar surface area (TPSA) is 54.4 Å². The van der Waals surface area contributed by atoms with Crippen LogP contribution in [0.2, 0.25) is 0 Å². The van der Waals surface area contributed by atoms with Gasteiger partial charge in [0.05, 0.1) is 19.1 Å². The van der Waals surface area contributed by atoms with E-state index in [0.29, 0.717) is 16.4 Å². The van der Waals surface area contributed by atoms with Crippen LogP contribution in [0.4, 0.5) is 4.39 Å². The van der Waals surface area contributed by atoms with Crippen molar-refractivity contribution in [3.05, 3.63) is 64.3 Å². The van der Waals surface area contributed by atoms with Gasteiger partial charge in [0, 0.05) is 44.4 Å². The zero-order chi connectivity index (χ0) is 21.8. The summed E-state index contributed by atoms with van der Waals surface area (Å²) in [5.41, 5.74) is 1.90. The fourth-order valence-electron chi connectivity index (χ4n) is 3.56. The summed E-state index contributed by atoms with van der Waals surface area (Å²) in [5.74, 6) is 0.889. The number of carbonyl (C=O) groups is 1. The number of rotatable bonds is 5. The van der Waals surface area contributed by atoms with Crippen LogP contribution < -0.4 is 9.47 Å². The number of amides is 1. The van der Waals surface area contributed by atoms with Gasteiger partial charge in [-0.1, -0.05) is 12.1 Å². The molecule has 6 nitrogen and oxygen atoms in total. The van der Waals surface area contributed by atoms with Crippen LogP contribution in [0.5, 0.6) is 11.5 Å². The van der Waals surface area contributed by atoms with E-state index in [1.165, 1.54) is 23.9 Å². The van der Waals surface area contributed by atoms with Crippen LogP contribution in [-0.4, -0.2) is 61.3 Å². The monoisotopic (exact) mass is 441 g/mol. The van der Waals surface area contributed by atoms with Gasteiger partial charge in [-0.25, -0.2) is 4.39 Å². The molecule has 0 N–H and O–H groups in total. The Hall–Kier alpha value is -2.84. The molecule has 1 fully saturated rings. The molecule has 0 saturated carbocycles. The molecule has 0 bridgehead atoms. The van der Waals surface area contributed by atoms with Crippen molar-refractivity contribution in [2.45, 2.75) is 6.54 Å². The largest absolute Gasteiger partial charge is 0.497 e. The maximum absolute atomic E-state index is 13.1. The Labute approximate surface area is 185 Å². The van der Waals surface area contributed by atoms with E-state index in [1.807, 2.05) is 30.3 Å². The molecule has 1 saturated heterocycles. The molecule has 0 atom stereocenters. The highest BCUT2D eigenvalue weighted by atomic mass is 32.2. The van der Waals surface area contributed by atoms with Gasteiger partial charge in [-0.15, -0.1) is 0 Å². The van der Waals surface area contributed by atoms with Gasteiger partial charge in [0.15, 0.2) is 5.17 Å². The number of piperazine rings is 1.